The first-order valence-corrected chi connectivity index (χ1v) is 8.44. The lowest BCUT2D eigenvalue weighted by molar-refractivity contribution is -0.174. The Hall–Kier alpha value is -2.94. The van der Waals surface area contributed by atoms with E-state index < -0.39 is 41.4 Å². The molecular weight excluding hydrogens is 356 g/mol. The number of benzene rings is 1. The third-order valence-corrected chi connectivity index (χ3v) is 4.02. The number of nitrogens with one attached hydrogen (secondary N) is 1. The minimum Gasteiger partial charge on any atom is -0.444 e. The number of carbonyl (C=O) groups excluding carboxylic acids is 4. The maximum absolute atomic E-state index is 12.5. The van der Waals surface area contributed by atoms with E-state index in [1.807, 2.05) is 0 Å². The molecule has 3 amide bonds. The topological polar surface area (TPSA) is 111 Å². The molecular formula is C18H20N2O7. The van der Waals surface area contributed by atoms with E-state index in [-0.39, 0.29) is 24.3 Å². The Balaban J connectivity index is 1.65. The summed E-state index contributed by atoms with van der Waals surface area (Å²) in [5.41, 5.74) is -0.359. The number of fused-ring (bicyclic) bond motifs is 1. The lowest BCUT2D eigenvalue weighted by atomic mass is 10.0. The molecule has 2 aliphatic heterocycles. The Bertz CT molecular complexity index is 764. The van der Waals surface area contributed by atoms with Gasteiger partial charge >= 0.3 is 12.1 Å². The van der Waals surface area contributed by atoms with Crippen LogP contribution in [0, 0.1) is 5.92 Å². The van der Waals surface area contributed by atoms with Crippen molar-refractivity contribution >= 4 is 23.9 Å². The molecule has 1 N–H and O–H groups in total. The quantitative estimate of drug-likeness (QED) is 0.791. The SMILES string of the molecule is CC(C)(C)OC(=O)N[C@H]1COC[C@H]1C(=O)ON1C(=O)c2ccccc2C1=O. The maximum Gasteiger partial charge on any atom is 0.407 e. The molecule has 9 nitrogen and oxygen atoms in total. The van der Waals surface area contributed by atoms with Crippen molar-refractivity contribution in [2.45, 2.75) is 32.4 Å². The van der Waals surface area contributed by atoms with Gasteiger partial charge in [-0.05, 0) is 32.9 Å². The third-order valence-electron chi connectivity index (χ3n) is 4.02. The normalized spacial score (nSPS) is 21.8. The van der Waals surface area contributed by atoms with Crippen LogP contribution >= 0.6 is 0 Å². The van der Waals surface area contributed by atoms with Gasteiger partial charge in [0.15, 0.2) is 0 Å². The number of imide groups is 1. The Morgan fingerprint density at radius 1 is 1.11 bits per heavy atom. The number of rotatable bonds is 3. The largest absolute Gasteiger partial charge is 0.444 e. The van der Waals surface area contributed by atoms with Crippen LogP contribution in [0.1, 0.15) is 41.5 Å². The second-order valence-corrected chi connectivity index (χ2v) is 7.26. The Morgan fingerprint density at radius 3 is 2.26 bits per heavy atom. The maximum atomic E-state index is 12.5. The minimum atomic E-state index is -0.873. The van der Waals surface area contributed by atoms with E-state index in [0.717, 1.165) is 0 Å². The first kappa shape index (κ1) is 18.8. The van der Waals surface area contributed by atoms with Gasteiger partial charge in [0.2, 0.25) is 0 Å². The van der Waals surface area contributed by atoms with Crippen molar-refractivity contribution in [1.82, 2.24) is 10.4 Å². The van der Waals surface area contributed by atoms with E-state index in [1.165, 1.54) is 12.1 Å². The molecule has 9 heteroatoms. The van der Waals surface area contributed by atoms with E-state index >= 15 is 0 Å². The van der Waals surface area contributed by atoms with Gasteiger partial charge in [-0.2, -0.15) is 0 Å². The molecule has 0 aromatic heterocycles. The summed E-state index contributed by atoms with van der Waals surface area (Å²) in [6.07, 6.45) is -0.698. The molecule has 2 heterocycles. The van der Waals surface area contributed by atoms with Gasteiger partial charge in [0.25, 0.3) is 11.8 Å². The molecule has 0 aliphatic carbocycles. The summed E-state index contributed by atoms with van der Waals surface area (Å²) >= 11 is 0. The highest BCUT2D eigenvalue weighted by Crippen LogP contribution is 2.24. The zero-order valence-electron chi connectivity index (χ0n) is 15.2. The second-order valence-electron chi connectivity index (χ2n) is 7.26. The summed E-state index contributed by atoms with van der Waals surface area (Å²) in [4.78, 5) is 54.0. The van der Waals surface area contributed by atoms with Crippen LogP contribution in [-0.2, 0) is 19.1 Å². The van der Waals surface area contributed by atoms with Crippen LogP contribution < -0.4 is 5.32 Å². The van der Waals surface area contributed by atoms with Crippen LogP contribution in [0.4, 0.5) is 4.79 Å². The van der Waals surface area contributed by atoms with Gasteiger partial charge < -0.3 is 19.6 Å². The number of carbonyl (C=O) groups is 4. The summed E-state index contributed by atoms with van der Waals surface area (Å²) in [5, 5.41) is 3.00. The predicted octanol–water partition coefficient (Wildman–Crippen LogP) is 1.28. The summed E-state index contributed by atoms with van der Waals surface area (Å²) in [6.45, 7) is 5.22. The molecule has 0 saturated carbocycles. The van der Waals surface area contributed by atoms with Gasteiger partial charge in [0.1, 0.15) is 11.5 Å². The van der Waals surface area contributed by atoms with Crippen molar-refractivity contribution in [3.63, 3.8) is 0 Å². The number of hydroxylamine groups is 2. The minimum absolute atomic E-state index is 0.0114. The Labute approximate surface area is 155 Å². The van der Waals surface area contributed by atoms with E-state index in [0.29, 0.717) is 5.06 Å². The molecule has 144 valence electrons. The van der Waals surface area contributed by atoms with Crippen LogP contribution in [0.2, 0.25) is 0 Å². The molecule has 2 atom stereocenters. The van der Waals surface area contributed by atoms with Crippen molar-refractivity contribution in [1.29, 1.82) is 0 Å². The van der Waals surface area contributed by atoms with Crippen molar-refractivity contribution in [2.24, 2.45) is 5.92 Å². The fourth-order valence-electron chi connectivity index (χ4n) is 2.80. The zero-order valence-corrected chi connectivity index (χ0v) is 15.2. The summed E-state index contributed by atoms with van der Waals surface area (Å²) in [7, 11) is 0. The standard InChI is InChI=1S/C18H20N2O7/c1-18(2,3)26-17(24)19-13-9-25-8-12(13)16(23)27-20-14(21)10-6-4-5-7-11(10)15(20)22/h4-7,12-13H,8-9H2,1-3H3,(H,19,24)/t12-,13+/m1/s1. The number of nitrogens with zero attached hydrogens (tertiary/aromatic N) is 1. The van der Waals surface area contributed by atoms with E-state index in [4.69, 9.17) is 14.3 Å². The summed E-state index contributed by atoms with van der Waals surface area (Å²) in [5.74, 6) is -3.14. The lowest BCUT2D eigenvalue weighted by Gasteiger charge is -2.23. The molecule has 0 radical (unpaired) electrons. The number of hydrogen-bond acceptors (Lipinski definition) is 7. The van der Waals surface area contributed by atoms with Gasteiger partial charge in [-0.25, -0.2) is 9.59 Å². The molecule has 1 aromatic rings. The Kier molecular flexibility index (Phi) is 4.88. The van der Waals surface area contributed by atoms with Crippen molar-refractivity contribution in [2.75, 3.05) is 13.2 Å². The van der Waals surface area contributed by atoms with Gasteiger partial charge in [0.05, 0.1) is 30.4 Å². The monoisotopic (exact) mass is 376 g/mol. The molecule has 1 aromatic carbocycles. The van der Waals surface area contributed by atoms with Crippen LogP contribution in [0.3, 0.4) is 0 Å². The number of amides is 3. The van der Waals surface area contributed by atoms with Crippen molar-refractivity contribution < 1.29 is 33.5 Å². The molecule has 1 saturated heterocycles. The van der Waals surface area contributed by atoms with Crippen LogP contribution in [-0.4, -0.2) is 53.8 Å². The smallest absolute Gasteiger partial charge is 0.407 e. The van der Waals surface area contributed by atoms with Gasteiger partial charge in [-0.1, -0.05) is 17.2 Å². The summed E-state index contributed by atoms with van der Waals surface area (Å²) in [6, 6.07) is 5.49. The molecule has 0 unspecified atom stereocenters. The average molecular weight is 376 g/mol. The average Bonchev–Trinajstić information content (AvgIpc) is 3.12. The van der Waals surface area contributed by atoms with Crippen molar-refractivity contribution in [3.8, 4) is 0 Å². The van der Waals surface area contributed by atoms with Gasteiger partial charge in [-0.15, -0.1) is 0 Å². The van der Waals surface area contributed by atoms with E-state index in [9.17, 15) is 19.2 Å². The molecule has 0 spiro atoms. The van der Waals surface area contributed by atoms with Crippen LogP contribution in [0.15, 0.2) is 24.3 Å². The summed E-state index contributed by atoms with van der Waals surface area (Å²) < 4.78 is 10.4. The number of hydrogen-bond donors (Lipinski definition) is 1. The lowest BCUT2D eigenvalue weighted by Crippen LogP contribution is -2.46. The third kappa shape index (κ3) is 3.92. The van der Waals surface area contributed by atoms with Gasteiger partial charge in [0, 0.05) is 0 Å². The highest BCUT2D eigenvalue weighted by Gasteiger charge is 2.43. The van der Waals surface area contributed by atoms with Crippen LogP contribution in [0.5, 0.6) is 0 Å². The molecule has 0 bridgehead atoms. The van der Waals surface area contributed by atoms with E-state index in [1.54, 1.807) is 32.9 Å². The van der Waals surface area contributed by atoms with Crippen LogP contribution in [0.25, 0.3) is 0 Å². The Morgan fingerprint density at radius 2 is 1.70 bits per heavy atom. The first-order valence-electron chi connectivity index (χ1n) is 8.44. The highest BCUT2D eigenvalue weighted by molar-refractivity contribution is 6.20. The van der Waals surface area contributed by atoms with Crippen molar-refractivity contribution in [3.05, 3.63) is 35.4 Å². The molecule has 27 heavy (non-hydrogen) atoms. The highest BCUT2D eigenvalue weighted by atomic mass is 16.7. The van der Waals surface area contributed by atoms with E-state index in [2.05, 4.69) is 5.32 Å². The zero-order chi connectivity index (χ0) is 19.8. The number of ether oxygens (including phenoxy) is 2. The fourth-order valence-corrected chi connectivity index (χ4v) is 2.80. The number of alkyl carbamates (subject to hydrolysis) is 1. The predicted molar refractivity (Wildman–Crippen MR) is 90.5 cm³/mol. The fraction of sp³-hybridized carbons (Fsp3) is 0.444. The molecule has 1 fully saturated rings. The first-order chi connectivity index (χ1) is 12.7. The van der Waals surface area contributed by atoms with Gasteiger partial charge in [-0.3, -0.25) is 9.59 Å². The molecule has 2 aliphatic rings. The second kappa shape index (κ2) is 6.99. The molecule has 3 rings (SSSR count).